The molecule has 29 heavy (non-hydrogen) atoms. The molecule has 0 spiro atoms. The maximum Gasteiger partial charge on any atom is 0.407 e. The molecule has 1 aromatic carbocycles. The van der Waals surface area contributed by atoms with E-state index in [-0.39, 0.29) is 6.61 Å². The van der Waals surface area contributed by atoms with E-state index in [2.05, 4.69) is 5.16 Å². The van der Waals surface area contributed by atoms with Gasteiger partial charge in [-0.15, -0.1) is 0 Å². The van der Waals surface area contributed by atoms with Gasteiger partial charge in [-0.25, -0.2) is 4.79 Å². The molecule has 2 N–H and O–H groups in total. The van der Waals surface area contributed by atoms with E-state index in [1.807, 2.05) is 12.1 Å². The molecule has 2 fully saturated rings. The summed E-state index contributed by atoms with van der Waals surface area (Å²) in [4.78, 5) is 12.5. The van der Waals surface area contributed by atoms with E-state index in [1.54, 1.807) is 0 Å². The van der Waals surface area contributed by atoms with Crippen LogP contribution in [-0.4, -0.2) is 59.3 Å². The SMILES string of the molecule is O=C(O)N1CCC(CCc2noc3c(CO)c(OCC4CCOC4)ccc23)CC1. The number of hydrogen-bond acceptors (Lipinski definition) is 6. The summed E-state index contributed by atoms with van der Waals surface area (Å²) in [6.45, 7) is 3.09. The third-order valence-electron chi connectivity index (χ3n) is 6.11. The highest BCUT2D eigenvalue weighted by Gasteiger charge is 2.24. The fourth-order valence-electron chi connectivity index (χ4n) is 4.23. The van der Waals surface area contributed by atoms with Gasteiger partial charge in [0.1, 0.15) is 5.75 Å². The molecule has 1 aromatic heterocycles. The van der Waals surface area contributed by atoms with Crippen molar-refractivity contribution in [3.8, 4) is 5.75 Å². The van der Waals surface area contributed by atoms with Gasteiger partial charge in [0.15, 0.2) is 5.58 Å². The summed E-state index contributed by atoms with van der Waals surface area (Å²) in [5.74, 6) is 1.51. The Morgan fingerprint density at radius 3 is 2.76 bits per heavy atom. The Morgan fingerprint density at radius 1 is 1.24 bits per heavy atom. The standard InChI is InChI=1S/C21H28N2O6/c24-11-17-19(28-13-15-7-10-27-12-15)4-2-16-18(22-29-20(16)17)3-1-14-5-8-23(9-6-14)21(25)26/h2,4,14-15,24H,1,3,5-13H2,(H,25,26). The molecule has 1 atom stereocenters. The Bertz CT molecular complexity index is 837. The van der Waals surface area contributed by atoms with Crippen LogP contribution in [0.4, 0.5) is 4.79 Å². The van der Waals surface area contributed by atoms with Crippen molar-refractivity contribution in [3.63, 3.8) is 0 Å². The largest absolute Gasteiger partial charge is 0.493 e. The van der Waals surface area contributed by atoms with Gasteiger partial charge in [0.05, 0.1) is 31.1 Å². The highest BCUT2D eigenvalue weighted by atomic mass is 16.5. The molecule has 2 saturated heterocycles. The van der Waals surface area contributed by atoms with Crippen molar-refractivity contribution in [1.82, 2.24) is 10.1 Å². The van der Waals surface area contributed by atoms with Crippen LogP contribution in [0.1, 0.15) is 36.9 Å². The number of carboxylic acid groups (broad SMARTS) is 1. The predicted molar refractivity (Wildman–Crippen MR) is 105 cm³/mol. The molecule has 4 rings (SSSR count). The minimum Gasteiger partial charge on any atom is -0.493 e. The molecule has 2 aromatic rings. The maximum absolute atomic E-state index is 11.0. The minimum absolute atomic E-state index is 0.171. The first kappa shape index (κ1) is 20.0. The molecule has 2 aliphatic heterocycles. The van der Waals surface area contributed by atoms with E-state index in [9.17, 15) is 9.90 Å². The Labute approximate surface area is 169 Å². The van der Waals surface area contributed by atoms with E-state index in [0.717, 1.165) is 49.8 Å². The van der Waals surface area contributed by atoms with Crippen LogP contribution >= 0.6 is 0 Å². The van der Waals surface area contributed by atoms with Crippen LogP contribution in [0.5, 0.6) is 5.75 Å². The molecular weight excluding hydrogens is 376 g/mol. The number of aliphatic hydroxyl groups excluding tert-OH is 1. The van der Waals surface area contributed by atoms with Crippen LogP contribution in [0, 0.1) is 11.8 Å². The van der Waals surface area contributed by atoms with Crippen LogP contribution in [0.3, 0.4) is 0 Å². The van der Waals surface area contributed by atoms with Crippen LogP contribution in [0.15, 0.2) is 16.7 Å². The maximum atomic E-state index is 11.0. The number of ether oxygens (including phenoxy) is 2. The number of aromatic nitrogens is 1. The molecule has 0 radical (unpaired) electrons. The number of rotatable bonds is 7. The first-order valence-electron chi connectivity index (χ1n) is 10.3. The molecule has 158 valence electrons. The van der Waals surface area contributed by atoms with Gasteiger partial charge in [-0.2, -0.15) is 0 Å². The van der Waals surface area contributed by atoms with Gasteiger partial charge in [-0.3, -0.25) is 0 Å². The zero-order valence-corrected chi connectivity index (χ0v) is 16.5. The topological polar surface area (TPSA) is 105 Å². The smallest absolute Gasteiger partial charge is 0.407 e. The van der Waals surface area contributed by atoms with Crippen molar-refractivity contribution < 1.29 is 29.0 Å². The van der Waals surface area contributed by atoms with Crippen LogP contribution in [0.25, 0.3) is 11.0 Å². The quantitative estimate of drug-likeness (QED) is 0.731. The number of aliphatic hydroxyl groups is 1. The average Bonchev–Trinajstić information content (AvgIpc) is 3.40. The highest BCUT2D eigenvalue weighted by Crippen LogP contribution is 2.32. The summed E-state index contributed by atoms with van der Waals surface area (Å²) < 4.78 is 16.9. The van der Waals surface area contributed by atoms with Crippen molar-refractivity contribution in [3.05, 3.63) is 23.4 Å². The fourth-order valence-corrected chi connectivity index (χ4v) is 4.23. The Balaban J connectivity index is 1.40. The Kier molecular flexibility index (Phi) is 6.20. The molecule has 0 aliphatic carbocycles. The van der Waals surface area contributed by atoms with E-state index in [0.29, 0.717) is 55.0 Å². The molecule has 0 bridgehead atoms. The van der Waals surface area contributed by atoms with E-state index in [1.165, 1.54) is 4.90 Å². The first-order chi connectivity index (χ1) is 14.2. The number of likely N-dealkylation sites (tertiary alicyclic amines) is 1. The van der Waals surface area contributed by atoms with Gasteiger partial charge in [0.2, 0.25) is 0 Å². The summed E-state index contributed by atoms with van der Waals surface area (Å²) in [6.07, 6.45) is 3.65. The highest BCUT2D eigenvalue weighted by molar-refractivity contribution is 5.84. The van der Waals surface area contributed by atoms with Crippen molar-refractivity contribution in [2.24, 2.45) is 11.8 Å². The number of benzene rings is 1. The van der Waals surface area contributed by atoms with Gasteiger partial charge >= 0.3 is 6.09 Å². The van der Waals surface area contributed by atoms with Crippen LogP contribution in [-0.2, 0) is 17.8 Å². The summed E-state index contributed by atoms with van der Waals surface area (Å²) in [7, 11) is 0. The predicted octanol–water partition coefficient (Wildman–Crippen LogP) is 3.06. The van der Waals surface area contributed by atoms with Gasteiger partial charge < -0.3 is 29.1 Å². The van der Waals surface area contributed by atoms with Crippen molar-refractivity contribution >= 4 is 17.1 Å². The van der Waals surface area contributed by atoms with Gasteiger partial charge in [-0.1, -0.05) is 5.16 Å². The summed E-state index contributed by atoms with van der Waals surface area (Å²) in [6, 6.07) is 3.84. The molecule has 0 saturated carbocycles. The van der Waals surface area contributed by atoms with E-state index in [4.69, 9.17) is 19.1 Å². The molecule has 1 amide bonds. The van der Waals surface area contributed by atoms with Crippen molar-refractivity contribution in [2.75, 3.05) is 32.9 Å². The zero-order chi connectivity index (χ0) is 20.2. The van der Waals surface area contributed by atoms with Crippen LogP contribution < -0.4 is 4.74 Å². The van der Waals surface area contributed by atoms with Gasteiger partial charge in [0, 0.05) is 31.0 Å². The van der Waals surface area contributed by atoms with E-state index >= 15 is 0 Å². The molecule has 3 heterocycles. The minimum atomic E-state index is -0.832. The van der Waals surface area contributed by atoms with Crippen LogP contribution in [0.2, 0.25) is 0 Å². The number of fused-ring (bicyclic) bond motifs is 1. The van der Waals surface area contributed by atoms with Gasteiger partial charge in [-0.05, 0) is 50.2 Å². The summed E-state index contributed by atoms with van der Waals surface area (Å²) in [5, 5.41) is 24.1. The number of nitrogens with zero attached hydrogens (tertiary/aromatic N) is 2. The second kappa shape index (κ2) is 9.00. The zero-order valence-electron chi connectivity index (χ0n) is 16.5. The lowest BCUT2D eigenvalue weighted by Gasteiger charge is -2.29. The third-order valence-corrected chi connectivity index (χ3v) is 6.11. The normalized spacial score (nSPS) is 20.4. The molecule has 8 heteroatoms. The summed E-state index contributed by atoms with van der Waals surface area (Å²) in [5.41, 5.74) is 2.10. The van der Waals surface area contributed by atoms with E-state index < -0.39 is 6.09 Å². The lowest BCUT2D eigenvalue weighted by molar-refractivity contribution is 0.123. The lowest BCUT2D eigenvalue weighted by Crippen LogP contribution is -2.37. The number of piperidine rings is 1. The molecule has 1 unspecified atom stereocenters. The number of hydrogen-bond donors (Lipinski definition) is 2. The lowest BCUT2D eigenvalue weighted by atomic mass is 9.91. The molecular formula is C21H28N2O6. The summed E-state index contributed by atoms with van der Waals surface area (Å²) >= 11 is 0. The fraction of sp³-hybridized carbons (Fsp3) is 0.619. The number of carbonyl (C=O) groups is 1. The monoisotopic (exact) mass is 404 g/mol. The third kappa shape index (κ3) is 4.48. The molecule has 2 aliphatic rings. The average molecular weight is 404 g/mol. The Morgan fingerprint density at radius 2 is 2.07 bits per heavy atom. The Hall–Kier alpha value is -2.32. The first-order valence-corrected chi connectivity index (χ1v) is 10.3. The number of aryl methyl sites for hydroxylation is 1. The second-order valence-corrected chi connectivity index (χ2v) is 8.00. The van der Waals surface area contributed by atoms with Crippen molar-refractivity contribution in [2.45, 2.75) is 38.7 Å². The second-order valence-electron chi connectivity index (χ2n) is 8.00. The molecule has 8 nitrogen and oxygen atoms in total. The van der Waals surface area contributed by atoms with Gasteiger partial charge in [0.25, 0.3) is 0 Å². The van der Waals surface area contributed by atoms with Crippen molar-refractivity contribution in [1.29, 1.82) is 0 Å². The number of amides is 1.